The van der Waals surface area contributed by atoms with Crippen LogP contribution in [0.3, 0.4) is 0 Å². The summed E-state index contributed by atoms with van der Waals surface area (Å²) in [6.07, 6.45) is 5.42. The molecule has 0 spiro atoms. The van der Waals surface area contributed by atoms with Crippen molar-refractivity contribution in [1.82, 2.24) is 19.5 Å². The Labute approximate surface area is 180 Å². The van der Waals surface area contributed by atoms with E-state index in [0.29, 0.717) is 29.7 Å². The zero-order valence-corrected chi connectivity index (χ0v) is 18.0. The predicted molar refractivity (Wildman–Crippen MR) is 117 cm³/mol. The molecule has 0 radical (unpaired) electrons. The molecular weight excluding hydrogens is 402 g/mol. The molecule has 3 aromatic rings. The van der Waals surface area contributed by atoms with Gasteiger partial charge >= 0.3 is 0 Å². The van der Waals surface area contributed by atoms with Gasteiger partial charge < -0.3 is 15.4 Å². The van der Waals surface area contributed by atoms with Crippen LogP contribution in [-0.2, 0) is 4.74 Å². The second-order valence-electron chi connectivity index (χ2n) is 8.11. The summed E-state index contributed by atoms with van der Waals surface area (Å²) in [5, 5.41) is 6.08. The van der Waals surface area contributed by atoms with Gasteiger partial charge in [0.1, 0.15) is 22.8 Å². The van der Waals surface area contributed by atoms with Crippen LogP contribution in [0.2, 0.25) is 0 Å². The van der Waals surface area contributed by atoms with Gasteiger partial charge in [0, 0.05) is 18.7 Å². The number of benzene rings is 1. The van der Waals surface area contributed by atoms with Crippen molar-refractivity contribution in [2.45, 2.75) is 64.6 Å². The van der Waals surface area contributed by atoms with E-state index in [1.807, 2.05) is 25.3 Å². The number of hydrogen-bond donors (Lipinski definition) is 2. The molecule has 0 bridgehead atoms. The molecule has 0 amide bonds. The van der Waals surface area contributed by atoms with Crippen LogP contribution in [0, 0.1) is 11.6 Å². The highest BCUT2D eigenvalue weighted by Gasteiger charge is 2.28. The lowest BCUT2D eigenvalue weighted by atomic mass is 9.92. The van der Waals surface area contributed by atoms with E-state index in [2.05, 4.69) is 25.6 Å². The van der Waals surface area contributed by atoms with Gasteiger partial charge in [-0.2, -0.15) is 4.98 Å². The number of nitrogens with zero attached hydrogens (tertiary/aromatic N) is 4. The number of imidazole rings is 1. The van der Waals surface area contributed by atoms with Gasteiger partial charge in [0.15, 0.2) is 5.65 Å². The minimum Gasteiger partial charge on any atom is -0.379 e. The second kappa shape index (κ2) is 9.13. The maximum absolute atomic E-state index is 14.3. The number of aromatic nitrogens is 4. The van der Waals surface area contributed by atoms with Crippen molar-refractivity contribution in [2.24, 2.45) is 0 Å². The highest BCUT2D eigenvalue weighted by Crippen LogP contribution is 2.36. The van der Waals surface area contributed by atoms with Crippen LogP contribution in [0.4, 0.5) is 26.4 Å². The van der Waals surface area contributed by atoms with Gasteiger partial charge in [-0.1, -0.05) is 6.07 Å². The van der Waals surface area contributed by atoms with E-state index in [1.54, 1.807) is 6.20 Å². The molecule has 9 heteroatoms. The van der Waals surface area contributed by atoms with E-state index in [-0.39, 0.29) is 23.9 Å². The predicted octanol–water partition coefficient (Wildman–Crippen LogP) is 5.19. The maximum atomic E-state index is 14.3. The summed E-state index contributed by atoms with van der Waals surface area (Å²) in [6.45, 7) is 6.71. The standard InChI is InChI=1S/C22H28F2N6O/c1-4-31-15-10-8-14(9-11-15)30-20-18(12-25-21(29-20)26-13(2)3)27-22(30)28-19-16(23)6-5-7-17(19)24/h5-7,12-15H,4,8-11H2,1-3H3,(H,27,28)(H,25,26,29). The van der Waals surface area contributed by atoms with Crippen LogP contribution >= 0.6 is 0 Å². The van der Waals surface area contributed by atoms with E-state index in [9.17, 15) is 8.78 Å². The van der Waals surface area contributed by atoms with Gasteiger partial charge in [0.2, 0.25) is 11.9 Å². The van der Waals surface area contributed by atoms with E-state index in [0.717, 1.165) is 25.7 Å². The van der Waals surface area contributed by atoms with Crippen molar-refractivity contribution in [1.29, 1.82) is 0 Å². The summed E-state index contributed by atoms with van der Waals surface area (Å²) in [4.78, 5) is 13.6. The zero-order chi connectivity index (χ0) is 22.0. The fourth-order valence-corrected chi connectivity index (χ4v) is 4.09. The minimum absolute atomic E-state index is 0.0841. The van der Waals surface area contributed by atoms with Crippen molar-refractivity contribution in [3.8, 4) is 0 Å². The number of rotatable bonds is 7. The molecule has 2 heterocycles. The van der Waals surface area contributed by atoms with Gasteiger partial charge in [-0.15, -0.1) is 0 Å². The van der Waals surface area contributed by atoms with Crippen LogP contribution in [0.5, 0.6) is 0 Å². The normalized spacial score (nSPS) is 19.2. The topological polar surface area (TPSA) is 76.9 Å². The Morgan fingerprint density at radius 3 is 2.48 bits per heavy atom. The van der Waals surface area contributed by atoms with E-state index in [1.165, 1.54) is 18.2 Å². The molecule has 0 saturated heterocycles. The molecule has 7 nitrogen and oxygen atoms in total. The smallest absolute Gasteiger partial charge is 0.224 e. The van der Waals surface area contributed by atoms with Crippen LogP contribution in [0.15, 0.2) is 24.4 Å². The molecule has 31 heavy (non-hydrogen) atoms. The summed E-state index contributed by atoms with van der Waals surface area (Å²) < 4.78 is 36.4. The van der Waals surface area contributed by atoms with Gasteiger partial charge in [-0.3, -0.25) is 4.57 Å². The van der Waals surface area contributed by atoms with Crippen LogP contribution in [0.25, 0.3) is 11.2 Å². The first kappa shape index (κ1) is 21.4. The van der Waals surface area contributed by atoms with Gasteiger partial charge in [-0.05, 0) is 58.6 Å². The molecule has 1 aromatic carbocycles. The number of hydrogen-bond acceptors (Lipinski definition) is 6. The lowest BCUT2D eigenvalue weighted by Crippen LogP contribution is -2.24. The van der Waals surface area contributed by atoms with Gasteiger partial charge in [0.05, 0.1) is 12.3 Å². The Balaban J connectivity index is 1.75. The summed E-state index contributed by atoms with van der Waals surface area (Å²) in [5.74, 6) is -0.496. The largest absolute Gasteiger partial charge is 0.379 e. The first-order valence-corrected chi connectivity index (χ1v) is 10.8. The molecule has 1 fully saturated rings. The number of anilines is 3. The zero-order valence-electron chi connectivity index (χ0n) is 18.0. The number of ether oxygens (including phenoxy) is 1. The van der Waals surface area contributed by atoms with Crippen molar-refractivity contribution >= 4 is 28.7 Å². The van der Waals surface area contributed by atoms with Gasteiger partial charge in [-0.25, -0.2) is 18.7 Å². The van der Waals surface area contributed by atoms with Crippen molar-refractivity contribution in [3.63, 3.8) is 0 Å². The number of para-hydroxylation sites is 1. The van der Waals surface area contributed by atoms with Crippen molar-refractivity contribution in [2.75, 3.05) is 17.2 Å². The SMILES string of the molecule is CCOC1CCC(n2c(Nc3c(F)cccc3F)nc3cnc(NC(C)C)nc32)CC1. The fourth-order valence-electron chi connectivity index (χ4n) is 4.09. The first-order valence-electron chi connectivity index (χ1n) is 10.8. The molecule has 1 aliphatic rings. The van der Waals surface area contributed by atoms with E-state index in [4.69, 9.17) is 4.74 Å². The summed E-state index contributed by atoms with van der Waals surface area (Å²) >= 11 is 0. The Morgan fingerprint density at radius 2 is 1.84 bits per heavy atom. The molecule has 4 rings (SSSR count). The average Bonchev–Trinajstić information content (AvgIpc) is 3.08. The van der Waals surface area contributed by atoms with Crippen molar-refractivity contribution in [3.05, 3.63) is 36.0 Å². The first-order chi connectivity index (χ1) is 15.0. The fraction of sp³-hybridized carbons (Fsp3) is 0.500. The number of halogens is 2. The van der Waals surface area contributed by atoms with Crippen molar-refractivity contribution < 1.29 is 13.5 Å². The molecule has 1 aliphatic carbocycles. The highest BCUT2D eigenvalue weighted by molar-refractivity contribution is 5.76. The third kappa shape index (κ3) is 4.61. The maximum Gasteiger partial charge on any atom is 0.224 e. The molecule has 166 valence electrons. The Kier molecular flexibility index (Phi) is 6.31. The Bertz CT molecular complexity index is 1030. The van der Waals surface area contributed by atoms with Crippen LogP contribution < -0.4 is 10.6 Å². The summed E-state index contributed by atoms with van der Waals surface area (Å²) in [5.41, 5.74) is 0.980. The molecular formula is C22H28F2N6O. The van der Waals surface area contributed by atoms with Crippen LogP contribution in [-0.4, -0.2) is 38.3 Å². The van der Waals surface area contributed by atoms with Crippen LogP contribution in [0.1, 0.15) is 52.5 Å². The molecule has 0 aliphatic heterocycles. The quantitative estimate of drug-likeness (QED) is 0.537. The average molecular weight is 431 g/mol. The molecule has 0 atom stereocenters. The van der Waals surface area contributed by atoms with E-state index >= 15 is 0 Å². The second-order valence-corrected chi connectivity index (χ2v) is 8.11. The molecule has 1 saturated carbocycles. The Morgan fingerprint density at radius 1 is 1.13 bits per heavy atom. The lowest BCUT2D eigenvalue weighted by Gasteiger charge is -2.30. The third-order valence-corrected chi connectivity index (χ3v) is 5.46. The summed E-state index contributed by atoms with van der Waals surface area (Å²) in [6, 6.07) is 4.02. The highest BCUT2D eigenvalue weighted by atomic mass is 19.1. The summed E-state index contributed by atoms with van der Waals surface area (Å²) in [7, 11) is 0. The van der Waals surface area contributed by atoms with E-state index < -0.39 is 11.6 Å². The molecule has 2 N–H and O–H groups in total. The third-order valence-electron chi connectivity index (χ3n) is 5.46. The minimum atomic E-state index is -0.674. The molecule has 2 aromatic heterocycles. The number of fused-ring (bicyclic) bond motifs is 1. The van der Waals surface area contributed by atoms with Gasteiger partial charge in [0.25, 0.3) is 0 Å². The lowest BCUT2D eigenvalue weighted by molar-refractivity contribution is 0.0276. The number of nitrogens with one attached hydrogen (secondary N) is 2. The Hall–Kier alpha value is -2.81. The molecule has 0 unspecified atom stereocenters. The monoisotopic (exact) mass is 430 g/mol.